The highest BCUT2D eigenvalue weighted by atomic mass is 16.6. The van der Waals surface area contributed by atoms with Crippen LogP contribution in [0, 0.1) is 10.1 Å². The van der Waals surface area contributed by atoms with Crippen LogP contribution in [-0.4, -0.2) is 24.4 Å². The van der Waals surface area contributed by atoms with Crippen molar-refractivity contribution in [1.29, 1.82) is 0 Å². The molecule has 0 radical (unpaired) electrons. The Morgan fingerprint density at radius 1 is 1.03 bits per heavy atom. The quantitative estimate of drug-likeness (QED) is 0.267. The number of methoxy groups -OCH3 is 1. The van der Waals surface area contributed by atoms with Crippen LogP contribution in [-0.2, 0) is 0 Å². The molecule has 0 bridgehead atoms. The smallest absolute Gasteiger partial charge is 0.269 e. The zero-order valence-electron chi connectivity index (χ0n) is 17.4. The summed E-state index contributed by atoms with van der Waals surface area (Å²) < 4.78 is 10.6. The van der Waals surface area contributed by atoms with Gasteiger partial charge in [-0.05, 0) is 61.0 Å². The summed E-state index contributed by atoms with van der Waals surface area (Å²) >= 11 is 0. The summed E-state index contributed by atoms with van der Waals surface area (Å²) in [6.45, 7) is 2.48. The zero-order chi connectivity index (χ0) is 22.2. The van der Waals surface area contributed by atoms with Crippen molar-refractivity contribution in [2.24, 2.45) is 0 Å². The van der Waals surface area contributed by atoms with Gasteiger partial charge in [-0.2, -0.15) is 0 Å². The van der Waals surface area contributed by atoms with E-state index < -0.39 is 11.0 Å². The van der Waals surface area contributed by atoms with Crippen LogP contribution in [0.15, 0.2) is 72.8 Å². The minimum absolute atomic E-state index is 0.0205. The average Bonchev–Trinajstić information content (AvgIpc) is 2.80. The highest BCUT2D eigenvalue weighted by Gasteiger charge is 2.20. The summed E-state index contributed by atoms with van der Waals surface area (Å²) in [6.07, 6.45) is 0.126. The molecule has 3 rings (SSSR count). The van der Waals surface area contributed by atoms with E-state index in [1.165, 1.54) is 12.1 Å². The molecule has 0 fully saturated rings. The van der Waals surface area contributed by atoms with Crippen LogP contribution in [0.25, 0.3) is 0 Å². The number of carbonyl (C=O) groups excluding carboxylic acids is 1. The van der Waals surface area contributed by atoms with Gasteiger partial charge in [0.1, 0.15) is 11.5 Å². The Kier molecular flexibility index (Phi) is 7.22. The average molecular weight is 420 g/mol. The van der Waals surface area contributed by atoms with E-state index in [-0.39, 0.29) is 17.9 Å². The van der Waals surface area contributed by atoms with Gasteiger partial charge in [0.15, 0.2) is 5.78 Å². The molecule has 7 heteroatoms. The maximum absolute atomic E-state index is 12.9. The third-order valence-electron chi connectivity index (χ3n) is 4.79. The molecule has 0 aliphatic carbocycles. The van der Waals surface area contributed by atoms with E-state index >= 15 is 0 Å². The van der Waals surface area contributed by atoms with Gasteiger partial charge in [-0.3, -0.25) is 14.9 Å². The van der Waals surface area contributed by atoms with Gasteiger partial charge < -0.3 is 14.8 Å². The maximum atomic E-state index is 12.9. The van der Waals surface area contributed by atoms with E-state index in [0.717, 1.165) is 11.4 Å². The van der Waals surface area contributed by atoms with Gasteiger partial charge in [0, 0.05) is 29.8 Å². The first-order valence-electron chi connectivity index (χ1n) is 9.91. The van der Waals surface area contributed by atoms with Crippen molar-refractivity contribution in [1.82, 2.24) is 0 Å². The fourth-order valence-electron chi connectivity index (χ4n) is 3.20. The number of benzene rings is 3. The molecule has 0 amide bonds. The van der Waals surface area contributed by atoms with Crippen molar-refractivity contribution in [3.05, 3.63) is 94.0 Å². The highest BCUT2D eigenvalue weighted by molar-refractivity contribution is 5.96. The fourth-order valence-corrected chi connectivity index (χ4v) is 3.20. The summed E-state index contributed by atoms with van der Waals surface area (Å²) in [5.41, 5.74) is 1.96. The van der Waals surface area contributed by atoms with E-state index in [1.54, 1.807) is 43.5 Å². The Hall–Kier alpha value is -3.87. The van der Waals surface area contributed by atoms with Gasteiger partial charge in [0.2, 0.25) is 0 Å². The minimum Gasteiger partial charge on any atom is -0.497 e. The third kappa shape index (κ3) is 5.82. The minimum atomic E-state index is -0.451. The number of anilines is 1. The maximum Gasteiger partial charge on any atom is 0.269 e. The zero-order valence-corrected chi connectivity index (χ0v) is 17.4. The molecule has 0 saturated heterocycles. The number of ketones is 1. The first kappa shape index (κ1) is 21.8. The molecule has 3 aromatic carbocycles. The van der Waals surface area contributed by atoms with Crippen LogP contribution < -0.4 is 14.8 Å². The van der Waals surface area contributed by atoms with Crippen LogP contribution >= 0.6 is 0 Å². The number of Topliss-reactive ketones (excluding diaryl/α,β-unsaturated/α-hetero) is 1. The molecule has 3 aromatic rings. The van der Waals surface area contributed by atoms with Crippen LogP contribution in [0.5, 0.6) is 11.5 Å². The standard InChI is InChI=1S/C24H24N2O5/c1-3-31-22-13-9-19(10-14-22)25-23(18-5-4-6-20(15-18)26(28)29)16-24(27)17-7-11-21(30-2)12-8-17/h4-15,23,25H,3,16H2,1-2H3. The molecule has 160 valence electrons. The number of hydrogen-bond acceptors (Lipinski definition) is 6. The number of nitrogens with one attached hydrogen (secondary N) is 1. The van der Waals surface area contributed by atoms with Crippen LogP contribution in [0.2, 0.25) is 0 Å². The summed E-state index contributed by atoms with van der Waals surface area (Å²) in [5.74, 6) is 1.33. The first-order valence-corrected chi connectivity index (χ1v) is 9.91. The Balaban J connectivity index is 1.86. The Bertz CT molecular complexity index is 1030. The largest absolute Gasteiger partial charge is 0.497 e. The van der Waals surface area contributed by atoms with Crippen molar-refractivity contribution in [3.63, 3.8) is 0 Å². The predicted octanol–water partition coefficient (Wildman–Crippen LogP) is 5.43. The summed E-state index contributed by atoms with van der Waals surface area (Å²) in [4.78, 5) is 23.7. The molecule has 0 aromatic heterocycles. The Morgan fingerprint density at radius 3 is 2.32 bits per heavy atom. The molecular formula is C24H24N2O5. The second kappa shape index (κ2) is 10.2. The molecule has 1 unspecified atom stereocenters. The first-order chi connectivity index (χ1) is 15.0. The van der Waals surface area contributed by atoms with Crippen molar-refractivity contribution in [2.45, 2.75) is 19.4 Å². The number of non-ortho nitro benzene ring substituents is 1. The molecule has 31 heavy (non-hydrogen) atoms. The lowest BCUT2D eigenvalue weighted by atomic mass is 9.97. The summed E-state index contributed by atoms with van der Waals surface area (Å²) in [7, 11) is 1.57. The van der Waals surface area contributed by atoms with Crippen LogP contribution in [0.3, 0.4) is 0 Å². The number of nitrogens with zero attached hydrogens (tertiary/aromatic N) is 1. The van der Waals surface area contributed by atoms with E-state index in [1.807, 2.05) is 31.2 Å². The van der Waals surface area contributed by atoms with E-state index in [9.17, 15) is 14.9 Å². The molecular weight excluding hydrogens is 396 g/mol. The molecule has 1 N–H and O–H groups in total. The lowest BCUT2D eigenvalue weighted by Crippen LogP contribution is -2.16. The van der Waals surface area contributed by atoms with Gasteiger partial charge in [-0.1, -0.05) is 12.1 Å². The van der Waals surface area contributed by atoms with E-state index in [0.29, 0.717) is 23.5 Å². The fraction of sp³-hybridized carbons (Fsp3) is 0.208. The molecule has 0 spiro atoms. The van der Waals surface area contributed by atoms with Gasteiger partial charge in [-0.15, -0.1) is 0 Å². The number of rotatable bonds is 10. The summed E-state index contributed by atoms with van der Waals surface area (Å²) in [5, 5.41) is 14.6. The third-order valence-corrected chi connectivity index (χ3v) is 4.79. The molecule has 1 atom stereocenters. The number of nitro benzene ring substituents is 1. The molecule has 7 nitrogen and oxygen atoms in total. The number of carbonyl (C=O) groups is 1. The molecule has 0 aliphatic heterocycles. The normalized spacial score (nSPS) is 11.4. The second-order valence-electron chi connectivity index (χ2n) is 6.86. The van der Waals surface area contributed by atoms with E-state index in [4.69, 9.17) is 9.47 Å². The number of ether oxygens (including phenoxy) is 2. The van der Waals surface area contributed by atoms with Crippen molar-refractivity contribution in [2.75, 3.05) is 19.0 Å². The molecule has 0 heterocycles. The number of nitro groups is 1. The molecule has 0 saturated carbocycles. The second-order valence-corrected chi connectivity index (χ2v) is 6.86. The van der Waals surface area contributed by atoms with Crippen LogP contribution in [0.4, 0.5) is 11.4 Å². The SMILES string of the molecule is CCOc1ccc(NC(CC(=O)c2ccc(OC)cc2)c2cccc([N+](=O)[O-])c2)cc1. The van der Waals surface area contributed by atoms with Crippen LogP contribution in [0.1, 0.15) is 35.3 Å². The summed E-state index contributed by atoms with van der Waals surface area (Å²) in [6, 6.07) is 20.1. The van der Waals surface area contributed by atoms with Gasteiger partial charge >= 0.3 is 0 Å². The Morgan fingerprint density at radius 2 is 1.71 bits per heavy atom. The van der Waals surface area contributed by atoms with Gasteiger partial charge in [0.25, 0.3) is 5.69 Å². The monoisotopic (exact) mass is 420 g/mol. The van der Waals surface area contributed by atoms with Crippen molar-refractivity contribution >= 4 is 17.2 Å². The van der Waals surface area contributed by atoms with Gasteiger partial charge in [-0.25, -0.2) is 0 Å². The number of hydrogen-bond donors (Lipinski definition) is 1. The Labute approximate surface area is 180 Å². The van der Waals surface area contributed by atoms with E-state index in [2.05, 4.69) is 5.32 Å². The van der Waals surface area contributed by atoms with Gasteiger partial charge in [0.05, 0.1) is 24.7 Å². The van der Waals surface area contributed by atoms with Crippen molar-refractivity contribution < 1.29 is 19.2 Å². The highest BCUT2D eigenvalue weighted by Crippen LogP contribution is 2.28. The lowest BCUT2D eigenvalue weighted by molar-refractivity contribution is -0.384. The predicted molar refractivity (Wildman–Crippen MR) is 119 cm³/mol. The van der Waals surface area contributed by atoms with Crippen molar-refractivity contribution in [3.8, 4) is 11.5 Å². The topological polar surface area (TPSA) is 90.7 Å². The lowest BCUT2D eigenvalue weighted by Gasteiger charge is -2.20. The molecule has 0 aliphatic rings.